The number of pyridine rings is 1. The highest BCUT2D eigenvalue weighted by Gasteiger charge is 2.09. The van der Waals surface area contributed by atoms with Crippen LogP contribution >= 0.6 is 0 Å². The van der Waals surface area contributed by atoms with E-state index in [-0.39, 0.29) is 5.91 Å². The molecule has 1 amide bonds. The first-order valence-corrected chi connectivity index (χ1v) is 7.96. The van der Waals surface area contributed by atoms with E-state index in [1.54, 1.807) is 24.5 Å². The molecule has 124 valence electrons. The number of carbonyl (C=O) groups excluding carboxylic acids is 1. The minimum absolute atomic E-state index is 0.128. The first kappa shape index (κ1) is 15.1. The van der Waals surface area contributed by atoms with Crippen LogP contribution in [0, 0.1) is 0 Å². The number of nitrogens with one attached hydrogen (secondary N) is 3. The molecule has 7 heteroatoms. The minimum atomic E-state index is -0.128. The van der Waals surface area contributed by atoms with Crippen LogP contribution < -0.4 is 16.0 Å². The lowest BCUT2D eigenvalue weighted by molar-refractivity contribution is 0.0955. The third-order valence-corrected chi connectivity index (χ3v) is 3.81. The smallest absolute Gasteiger partial charge is 0.251 e. The number of hydrogen-bond donors (Lipinski definition) is 3. The van der Waals surface area contributed by atoms with Crippen LogP contribution in [-0.2, 0) is 0 Å². The molecule has 0 atom stereocenters. The standard InChI is InChI=1S/C18H16N6O/c25-17-13-2-1-3-14(10-13)23-18-22-7-5-15(24-18)12-4-6-19-16(11-12)20-8-9-21-17/h1-7,10-11H,8-9H2,(H,19,20)(H,21,25)(H,22,23,24). The molecule has 7 nitrogen and oxygen atoms in total. The molecule has 0 unspecified atom stereocenters. The van der Waals surface area contributed by atoms with Crippen LogP contribution in [0.15, 0.2) is 54.9 Å². The molecule has 2 aromatic heterocycles. The molecule has 0 spiro atoms. The fourth-order valence-electron chi connectivity index (χ4n) is 2.60. The molecule has 1 aromatic carbocycles. The number of aromatic nitrogens is 3. The van der Waals surface area contributed by atoms with Crippen molar-refractivity contribution in [3.8, 4) is 11.3 Å². The lowest BCUT2D eigenvalue weighted by Gasteiger charge is -2.08. The largest absolute Gasteiger partial charge is 0.368 e. The van der Waals surface area contributed by atoms with Crippen molar-refractivity contribution in [3.63, 3.8) is 0 Å². The highest BCUT2D eigenvalue weighted by atomic mass is 16.1. The van der Waals surface area contributed by atoms with Gasteiger partial charge in [-0.1, -0.05) is 6.07 Å². The molecular weight excluding hydrogens is 316 g/mol. The molecule has 0 radical (unpaired) electrons. The molecule has 0 saturated heterocycles. The van der Waals surface area contributed by atoms with E-state index in [9.17, 15) is 4.79 Å². The van der Waals surface area contributed by atoms with Crippen LogP contribution in [0.4, 0.5) is 17.5 Å². The molecule has 1 aliphatic heterocycles. The predicted octanol–water partition coefficient (Wildman–Crippen LogP) is 2.44. The number of rotatable bonds is 0. The van der Waals surface area contributed by atoms with Crippen LogP contribution in [0.5, 0.6) is 0 Å². The van der Waals surface area contributed by atoms with E-state index in [1.807, 2.05) is 30.3 Å². The molecule has 0 fully saturated rings. The summed E-state index contributed by atoms with van der Waals surface area (Å²) in [6.07, 6.45) is 3.43. The molecule has 3 heterocycles. The van der Waals surface area contributed by atoms with Gasteiger partial charge in [0.05, 0.1) is 5.69 Å². The Labute approximate surface area is 144 Å². The summed E-state index contributed by atoms with van der Waals surface area (Å²) in [6.45, 7) is 1.07. The van der Waals surface area contributed by atoms with Gasteiger partial charge >= 0.3 is 0 Å². The average Bonchev–Trinajstić information content (AvgIpc) is 2.65. The maximum absolute atomic E-state index is 12.3. The molecular formula is C18H16N6O. The fourth-order valence-corrected chi connectivity index (χ4v) is 2.60. The Kier molecular flexibility index (Phi) is 3.96. The van der Waals surface area contributed by atoms with Gasteiger partial charge in [-0.05, 0) is 36.4 Å². The number of benzene rings is 1. The first-order chi connectivity index (χ1) is 12.3. The van der Waals surface area contributed by atoms with E-state index < -0.39 is 0 Å². The molecule has 25 heavy (non-hydrogen) atoms. The van der Waals surface area contributed by atoms with Crippen molar-refractivity contribution >= 4 is 23.4 Å². The Morgan fingerprint density at radius 1 is 0.880 bits per heavy atom. The van der Waals surface area contributed by atoms with Gasteiger partial charge in [-0.3, -0.25) is 4.79 Å². The normalized spacial score (nSPS) is 13.5. The Hall–Kier alpha value is -3.48. The van der Waals surface area contributed by atoms with Crippen molar-refractivity contribution in [2.45, 2.75) is 0 Å². The number of nitrogens with zero attached hydrogens (tertiary/aromatic N) is 3. The molecule has 3 N–H and O–H groups in total. The summed E-state index contributed by atoms with van der Waals surface area (Å²) in [5.41, 5.74) is 3.07. The Morgan fingerprint density at radius 3 is 2.72 bits per heavy atom. The molecule has 0 aliphatic carbocycles. The van der Waals surface area contributed by atoms with Gasteiger partial charge in [0.2, 0.25) is 5.95 Å². The zero-order valence-electron chi connectivity index (χ0n) is 13.4. The van der Waals surface area contributed by atoms with Crippen molar-refractivity contribution < 1.29 is 4.79 Å². The van der Waals surface area contributed by atoms with Crippen molar-refractivity contribution in [2.24, 2.45) is 0 Å². The van der Waals surface area contributed by atoms with E-state index >= 15 is 0 Å². The Balaban J connectivity index is 1.76. The number of carbonyl (C=O) groups is 1. The first-order valence-electron chi connectivity index (χ1n) is 7.96. The second kappa shape index (κ2) is 6.56. The second-order valence-electron chi connectivity index (χ2n) is 5.58. The number of fused-ring (bicyclic) bond motifs is 7. The van der Waals surface area contributed by atoms with Gasteiger partial charge in [0, 0.05) is 42.3 Å². The van der Waals surface area contributed by atoms with E-state index in [1.165, 1.54) is 0 Å². The quantitative estimate of drug-likeness (QED) is 0.586. The second-order valence-corrected chi connectivity index (χ2v) is 5.58. The zero-order chi connectivity index (χ0) is 17.1. The van der Waals surface area contributed by atoms with Crippen LogP contribution in [0.3, 0.4) is 0 Å². The van der Waals surface area contributed by atoms with Crippen LogP contribution in [0.1, 0.15) is 10.4 Å². The summed E-state index contributed by atoms with van der Waals surface area (Å²) in [7, 11) is 0. The number of anilines is 3. The maximum atomic E-state index is 12.3. The lowest BCUT2D eigenvalue weighted by Crippen LogP contribution is -2.28. The van der Waals surface area contributed by atoms with Gasteiger partial charge in [0.25, 0.3) is 5.91 Å². The van der Waals surface area contributed by atoms with Crippen molar-refractivity contribution in [1.82, 2.24) is 20.3 Å². The van der Waals surface area contributed by atoms with Gasteiger partial charge < -0.3 is 16.0 Å². The monoisotopic (exact) mass is 332 g/mol. The van der Waals surface area contributed by atoms with Crippen molar-refractivity contribution in [1.29, 1.82) is 0 Å². The fraction of sp³-hybridized carbons (Fsp3) is 0.111. The summed E-state index contributed by atoms with van der Waals surface area (Å²) in [5, 5.41) is 9.24. The van der Waals surface area contributed by atoms with Crippen LogP contribution in [0.2, 0.25) is 0 Å². The molecule has 3 aromatic rings. The molecule has 4 rings (SSSR count). The number of hydrogen-bond acceptors (Lipinski definition) is 6. The maximum Gasteiger partial charge on any atom is 0.251 e. The van der Waals surface area contributed by atoms with E-state index in [0.29, 0.717) is 24.6 Å². The van der Waals surface area contributed by atoms with Gasteiger partial charge in [0.1, 0.15) is 5.82 Å². The molecule has 0 saturated carbocycles. The van der Waals surface area contributed by atoms with Crippen molar-refractivity contribution in [2.75, 3.05) is 23.7 Å². The molecule has 6 bridgehead atoms. The molecule has 1 aliphatic rings. The lowest BCUT2D eigenvalue weighted by atomic mass is 10.2. The summed E-state index contributed by atoms with van der Waals surface area (Å²) in [5.74, 6) is 1.07. The Bertz CT molecular complexity index is 927. The zero-order valence-corrected chi connectivity index (χ0v) is 13.4. The average molecular weight is 332 g/mol. The summed E-state index contributed by atoms with van der Waals surface area (Å²) >= 11 is 0. The summed E-state index contributed by atoms with van der Waals surface area (Å²) in [6, 6.07) is 12.9. The van der Waals surface area contributed by atoms with Crippen LogP contribution in [0.25, 0.3) is 11.3 Å². The van der Waals surface area contributed by atoms with E-state index in [2.05, 4.69) is 30.9 Å². The predicted molar refractivity (Wildman–Crippen MR) is 95.8 cm³/mol. The van der Waals surface area contributed by atoms with Crippen LogP contribution in [-0.4, -0.2) is 33.9 Å². The minimum Gasteiger partial charge on any atom is -0.368 e. The van der Waals surface area contributed by atoms with Gasteiger partial charge in [-0.15, -0.1) is 0 Å². The highest BCUT2D eigenvalue weighted by Crippen LogP contribution is 2.21. The third-order valence-electron chi connectivity index (χ3n) is 3.81. The Morgan fingerprint density at radius 2 is 1.76 bits per heavy atom. The SMILES string of the molecule is O=C1NCCNc2cc(ccn2)-c2ccnc(n2)Nc2cccc1c2. The third kappa shape index (κ3) is 3.40. The topological polar surface area (TPSA) is 91.8 Å². The van der Waals surface area contributed by atoms with Crippen molar-refractivity contribution in [3.05, 3.63) is 60.4 Å². The number of amides is 1. The van der Waals surface area contributed by atoms with E-state index in [0.717, 1.165) is 22.8 Å². The van der Waals surface area contributed by atoms with E-state index in [4.69, 9.17) is 0 Å². The van der Waals surface area contributed by atoms with Gasteiger partial charge in [0.15, 0.2) is 0 Å². The summed E-state index contributed by atoms with van der Waals surface area (Å²) in [4.78, 5) is 25.4. The summed E-state index contributed by atoms with van der Waals surface area (Å²) < 4.78 is 0. The van der Waals surface area contributed by atoms with Gasteiger partial charge in [-0.2, -0.15) is 0 Å². The van der Waals surface area contributed by atoms with Gasteiger partial charge in [-0.25, -0.2) is 15.0 Å². The highest BCUT2D eigenvalue weighted by molar-refractivity contribution is 5.95.